The summed E-state index contributed by atoms with van der Waals surface area (Å²) in [6, 6.07) is 5.38. The summed E-state index contributed by atoms with van der Waals surface area (Å²) in [4.78, 5) is 21.3. The van der Waals surface area contributed by atoms with Crippen LogP contribution in [0.4, 0.5) is 0 Å². The molecule has 8 heteroatoms. The van der Waals surface area contributed by atoms with Gasteiger partial charge in [-0.25, -0.2) is 4.98 Å². The third-order valence-corrected chi connectivity index (χ3v) is 8.35. The fourth-order valence-electron chi connectivity index (χ4n) is 4.96. The highest BCUT2D eigenvalue weighted by Gasteiger charge is 2.54. The molecule has 3 saturated carbocycles. The van der Waals surface area contributed by atoms with Crippen molar-refractivity contribution in [3.63, 3.8) is 0 Å². The average molecular weight is 426 g/mol. The number of carbonyl (C=O) groups is 1. The average Bonchev–Trinajstić information content (AvgIpc) is 3.24. The van der Waals surface area contributed by atoms with Crippen molar-refractivity contribution in [2.75, 3.05) is 0 Å². The first-order valence-electron chi connectivity index (χ1n) is 10.5. The number of fused-ring (bicyclic) bond motifs is 1. The minimum absolute atomic E-state index is 0.163. The second-order valence-electron chi connectivity index (χ2n) is 9.14. The number of pyridine rings is 1. The Bertz CT molecular complexity index is 1160. The fraction of sp³-hybridized carbons (Fsp3) is 0.500. The number of carbonyl (C=O) groups excluding carboxylic acids is 1. The Morgan fingerprint density at radius 1 is 1.20 bits per heavy atom. The van der Waals surface area contributed by atoms with E-state index in [0.717, 1.165) is 61.2 Å². The molecule has 7 nitrogen and oxygen atoms in total. The van der Waals surface area contributed by atoms with Crippen LogP contribution in [0.25, 0.3) is 11.1 Å². The quantitative estimate of drug-likeness (QED) is 0.667. The van der Waals surface area contributed by atoms with Gasteiger partial charge >= 0.3 is 0 Å². The molecule has 6 rings (SSSR count). The van der Waals surface area contributed by atoms with Gasteiger partial charge in [-0.1, -0.05) is 0 Å². The molecule has 0 aliphatic heterocycles. The van der Waals surface area contributed by atoms with Crippen LogP contribution in [0.2, 0.25) is 0 Å². The largest absolute Gasteiger partial charge is 0.442 e. The lowest BCUT2D eigenvalue weighted by atomic mass is 9.50. The molecule has 3 aromatic rings. The lowest BCUT2D eigenvalue weighted by Crippen LogP contribution is -2.55. The van der Waals surface area contributed by atoms with Crippen molar-refractivity contribution in [3.8, 4) is 0 Å². The predicted octanol–water partition coefficient (Wildman–Crippen LogP) is 3.85. The smallest absolute Gasteiger partial charge is 0.287 e. The van der Waals surface area contributed by atoms with E-state index in [1.807, 2.05) is 13.0 Å². The van der Waals surface area contributed by atoms with Crippen LogP contribution in [0.15, 0.2) is 38.3 Å². The van der Waals surface area contributed by atoms with E-state index in [9.17, 15) is 9.00 Å². The first-order valence-corrected chi connectivity index (χ1v) is 11.7. The van der Waals surface area contributed by atoms with Gasteiger partial charge in [0, 0.05) is 29.0 Å². The molecule has 1 N–H and O–H groups in total. The summed E-state index contributed by atoms with van der Waals surface area (Å²) in [7, 11) is -1.12. The van der Waals surface area contributed by atoms with E-state index in [1.165, 1.54) is 0 Å². The van der Waals surface area contributed by atoms with Crippen molar-refractivity contribution in [2.45, 2.75) is 67.8 Å². The second-order valence-corrected chi connectivity index (χ2v) is 10.8. The van der Waals surface area contributed by atoms with E-state index in [2.05, 4.69) is 15.3 Å². The Balaban J connectivity index is 1.03. The molecule has 3 fully saturated rings. The summed E-state index contributed by atoms with van der Waals surface area (Å²) in [6.45, 7) is 1.94. The number of aromatic nitrogens is 2. The van der Waals surface area contributed by atoms with Gasteiger partial charge in [0.05, 0.1) is 17.0 Å². The maximum absolute atomic E-state index is 12.5. The molecule has 3 aromatic heterocycles. The number of furan rings is 1. The van der Waals surface area contributed by atoms with E-state index < -0.39 is 10.8 Å². The molecule has 1 atom stereocenters. The van der Waals surface area contributed by atoms with Gasteiger partial charge in [-0.2, -0.15) is 0 Å². The number of oxazole rings is 1. The molecule has 0 aromatic carbocycles. The maximum Gasteiger partial charge on any atom is 0.287 e. The molecular formula is C22H23N3O4S. The van der Waals surface area contributed by atoms with Crippen molar-refractivity contribution in [1.29, 1.82) is 0 Å². The highest BCUT2D eigenvalue weighted by atomic mass is 32.2. The SMILES string of the molecule is Cc1cc2oc(C3CC4(CC(NC(=O)c5ccc(S(=O)C6CC6)o5)C4)C3)nc2cn1. The summed E-state index contributed by atoms with van der Waals surface area (Å²) in [6.07, 6.45) is 7.74. The predicted molar refractivity (Wildman–Crippen MR) is 110 cm³/mol. The van der Waals surface area contributed by atoms with Crippen LogP contribution in [0, 0.1) is 12.3 Å². The number of aryl methyl sites for hydroxylation is 1. The first kappa shape index (κ1) is 18.3. The zero-order valence-corrected chi connectivity index (χ0v) is 17.5. The van der Waals surface area contributed by atoms with Crippen molar-refractivity contribution >= 4 is 27.8 Å². The third kappa shape index (κ3) is 3.09. The molecule has 156 valence electrons. The third-order valence-electron chi connectivity index (χ3n) is 6.66. The molecular weight excluding hydrogens is 402 g/mol. The van der Waals surface area contributed by atoms with Gasteiger partial charge in [-0.15, -0.1) is 0 Å². The Morgan fingerprint density at radius 2 is 2.00 bits per heavy atom. The highest BCUT2D eigenvalue weighted by Crippen LogP contribution is 2.61. The number of hydrogen-bond donors (Lipinski definition) is 1. The van der Waals surface area contributed by atoms with E-state index in [-0.39, 0.29) is 23.0 Å². The zero-order valence-electron chi connectivity index (χ0n) is 16.7. The fourth-order valence-corrected chi connectivity index (χ4v) is 6.22. The highest BCUT2D eigenvalue weighted by molar-refractivity contribution is 7.85. The lowest BCUT2D eigenvalue weighted by Gasteiger charge is -2.57. The van der Waals surface area contributed by atoms with E-state index in [0.29, 0.717) is 16.4 Å². The zero-order chi connectivity index (χ0) is 20.5. The Kier molecular flexibility index (Phi) is 3.97. The molecule has 3 aliphatic rings. The Labute approximate surface area is 176 Å². The lowest BCUT2D eigenvalue weighted by molar-refractivity contribution is -0.0256. The summed E-state index contributed by atoms with van der Waals surface area (Å²) in [5.41, 5.74) is 2.84. The topological polar surface area (TPSA) is 98.2 Å². The maximum atomic E-state index is 12.5. The van der Waals surface area contributed by atoms with E-state index in [1.54, 1.807) is 18.3 Å². The summed E-state index contributed by atoms with van der Waals surface area (Å²) in [5, 5.41) is 3.67. The van der Waals surface area contributed by atoms with Crippen LogP contribution in [-0.4, -0.2) is 31.4 Å². The molecule has 3 heterocycles. The van der Waals surface area contributed by atoms with Crippen molar-refractivity contribution in [3.05, 3.63) is 41.7 Å². The molecule has 1 spiro atoms. The Hall–Kier alpha value is -2.48. The summed E-state index contributed by atoms with van der Waals surface area (Å²) >= 11 is 0. The number of amides is 1. The second kappa shape index (κ2) is 6.51. The molecule has 1 amide bonds. The number of nitrogens with zero attached hydrogens (tertiary/aromatic N) is 2. The van der Waals surface area contributed by atoms with Crippen LogP contribution in [-0.2, 0) is 10.8 Å². The minimum atomic E-state index is -1.12. The molecule has 0 radical (unpaired) electrons. The van der Waals surface area contributed by atoms with Crippen LogP contribution in [0.1, 0.15) is 66.6 Å². The first-order chi connectivity index (χ1) is 14.5. The van der Waals surface area contributed by atoms with E-state index in [4.69, 9.17) is 8.83 Å². The van der Waals surface area contributed by atoms with Crippen molar-refractivity contribution in [1.82, 2.24) is 15.3 Å². The van der Waals surface area contributed by atoms with E-state index >= 15 is 0 Å². The normalized spacial score (nSPS) is 28.8. The Morgan fingerprint density at radius 3 is 2.77 bits per heavy atom. The molecule has 3 aliphatic carbocycles. The van der Waals surface area contributed by atoms with Gasteiger partial charge in [0.15, 0.2) is 22.3 Å². The number of hydrogen-bond acceptors (Lipinski definition) is 6. The van der Waals surface area contributed by atoms with Gasteiger partial charge < -0.3 is 14.2 Å². The molecule has 0 saturated heterocycles. The van der Waals surface area contributed by atoms with Crippen LogP contribution >= 0.6 is 0 Å². The monoisotopic (exact) mass is 425 g/mol. The van der Waals surface area contributed by atoms with Crippen LogP contribution in [0.3, 0.4) is 0 Å². The van der Waals surface area contributed by atoms with Crippen LogP contribution in [0.5, 0.6) is 0 Å². The van der Waals surface area contributed by atoms with Gasteiger partial charge in [-0.3, -0.25) is 14.0 Å². The van der Waals surface area contributed by atoms with Gasteiger partial charge in [-0.05, 0) is 63.0 Å². The minimum Gasteiger partial charge on any atom is -0.442 e. The summed E-state index contributed by atoms with van der Waals surface area (Å²) in [5.74, 6) is 1.19. The van der Waals surface area contributed by atoms with Crippen molar-refractivity contribution < 1.29 is 17.8 Å². The standard InChI is InChI=1S/C22H23N3O4S/c1-12-6-18-16(11-23-12)25-21(29-18)13-7-22(8-13)9-14(10-22)24-20(26)17-4-5-19(28-17)30(27)15-2-3-15/h4-6,11,13-15H,2-3,7-10H2,1H3,(H,24,26). The molecule has 30 heavy (non-hydrogen) atoms. The van der Waals surface area contributed by atoms with Gasteiger partial charge in [0.2, 0.25) is 0 Å². The summed E-state index contributed by atoms with van der Waals surface area (Å²) < 4.78 is 23.6. The number of nitrogens with one attached hydrogen (secondary N) is 1. The number of rotatable bonds is 5. The molecule has 1 unspecified atom stereocenters. The van der Waals surface area contributed by atoms with Crippen LogP contribution < -0.4 is 5.32 Å². The molecule has 0 bridgehead atoms. The van der Waals surface area contributed by atoms with Gasteiger partial charge in [0.25, 0.3) is 5.91 Å². The van der Waals surface area contributed by atoms with Crippen molar-refractivity contribution in [2.24, 2.45) is 5.41 Å². The van der Waals surface area contributed by atoms with Gasteiger partial charge in [0.1, 0.15) is 5.52 Å².